The normalized spacial score (nSPS) is 32.3. The highest BCUT2D eigenvalue weighted by Gasteiger charge is 2.39. The molecule has 2 saturated carbocycles. The maximum atomic E-state index is 14.2. The van der Waals surface area contributed by atoms with Crippen molar-refractivity contribution in [3.63, 3.8) is 0 Å². The van der Waals surface area contributed by atoms with Crippen molar-refractivity contribution < 1.29 is 33.4 Å². The zero-order valence-electron chi connectivity index (χ0n) is 32.6. The predicted octanol–water partition coefficient (Wildman–Crippen LogP) is 2.07. The van der Waals surface area contributed by atoms with Crippen LogP contribution in [0.3, 0.4) is 0 Å². The van der Waals surface area contributed by atoms with Crippen molar-refractivity contribution in [2.45, 2.75) is 161 Å². The number of hydrogen-bond donors (Lipinski definition) is 6. The van der Waals surface area contributed by atoms with Crippen LogP contribution in [0.15, 0.2) is 0 Å². The summed E-state index contributed by atoms with van der Waals surface area (Å²) in [4.78, 5) is 71.4. The average molecular weight is 736 g/mol. The summed E-state index contributed by atoms with van der Waals surface area (Å²) in [6, 6.07) is -4.06. The van der Waals surface area contributed by atoms with Crippen LogP contribution in [0.25, 0.3) is 0 Å². The molecule has 3 aliphatic rings. The zero-order chi connectivity index (χ0) is 38.4. The third-order valence-electron chi connectivity index (χ3n) is 11.1. The summed E-state index contributed by atoms with van der Waals surface area (Å²) in [6.45, 7) is 9.82. The molecule has 0 aromatic carbocycles. The number of ether oxygens (including phenoxy) is 2. The van der Waals surface area contributed by atoms with E-state index in [4.69, 9.17) is 20.9 Å². The summed E-state index contributed by atoms with van der Waals surface area (Å²) >= 11 is 0. The number of hydrogen-bond acceptors (Lipinski definition) is 9. The molecule has 1 aliphatic heterocycles. The fourth-order valence-corrected chi connectivity index (χ4v) is 7.62. The fraction of sp³-hybridized carbons (Fsp3) is 0.868. The van der Waals surface area contributed by atoms with Crippen LogP contribution in [0.5, 0.6) is 0 Å². The summed E-state index contributed by atoms with van der Waals surface area (Å²) in [5.74, 6) is -2.70. The lowest BCUT2D eigenvalue weighted by Crippen LogP contribution is -2.62. The highest BCUT2D eigenvalue weighted by molar-refractivity contribution is 5.96. The molecule has 0 aromatic heterocycles. The van der Waals surface area contributed by atoms with Crippen molar-refractivity contribution in [1.82, 2.24) is 26.2 Å². The molecule has 0 unspecified atom stereocenters. The minimum Gasteiger partial charge on any atom is -0.376 e. The Balaban J connectivity index is 1.99. The largest absolute Gasteiger partial charge is 0.376 e. The minimum absolute atomic E-state index is 0.0751. The predicted molar refractivity (Wildman–Crippen MR) is 199 cm³/mol. The molecular weight excluding hydrogens is 666 g/mol. The summed E-state index contributed by atoms with van der Waals surface area (Å²) < 4.78 is 12.4. The molecule has 1 saturated heterocycles. The molecular formula is C38H69N7O7. The van der Waals surface area contributed by atoms with Crippen molar-refractivity contribution in [3.8, 4) is 0 Å². The Morgan fingerprint density at radius 3 is 2.10 bits per heavy atom. The number of nitrogens with two attached hydrogens (primary N) is 2. The molecule has 8 N–H and O–H groups in total. The summed E-state index contributed by atoms with van der Waals surface area (Å²) in [6.07, 6.45) is 9.29. The topological polar surface area (TPSA) is 207 Å². The first kappa shape index (κ1) is 43.6. The Bertz CT molecular complexity index is 1160. The fourth-order valence-electron chi connectivity index (χ4n) is 7.62. The van der Waals surface area contributed by atoms with E-state index in [-0.39, 0.29) is 37.0 Å². The Labute approximate surface area is 311 Å². The van der Waals surface area contributed by atoms with E-state index < -0.39 is 66.0 Å². The van der Waals surface area contributed by atoms with Gasteiger partial charge in [-0.3, -0.25) is 24.0 Å². The number of rotatable bonds is 13. The second-order valence-electron chi connectivity index (χ2n) is 15.8. The van der Waals surface area contributed by atoms with Gasteiger partial charge in [-0.15, -0.1) is 0 Å². The van der Waals surface area contributed by atoms with Gasteiger partial charge in [-0.2, -0.15) is 0 Å². The van der Waals surface area contributed by atoms with Crippen LogP contribution < -0.4 is 32.7 Å². The summed E-state index contributed by atoms with van der Waals surface area (Å²) in [5.41, 5.74) is 11.8. The first-order chi connectivity index (χ1) is 24.8. The van der Waals surface area contributed by atoms with Crippen molar-refractivity contribution in [2.75, 3.05) is 26.7 Å². The lowest BCUT2D eigenvalue weighted by Gasteiger charge is -2.37. The number of carbonyl (C=O) groups excluding carboxylic acids is 5. The molecule has 5 amide bonds. The van der Waals surface area contributed by atoms with E-state index in [1.807, 2.05) is 13.8 Å². The van der Waals surface area contributed by atoms with E-state index in [0.29, 0.717) is 25.3 Å². The smallest absolute Gasteiger partial charge is 0.246 e. The molecule has 2 aliphatic carbocycles. The van der Waals surface area contributed by atoms with Crippen molar-refractivity contribution >= 4 is 29.5 Å². The van der Waals surface area contributed by atoms with Crippen LogP contribution in [-0.4, -0.2) is 104 Å². The molecule has 7 atom stereocenters. The molecule has 14 nitrogen and oxygen atoms in total. The van der Waals surface area contributed by atoms with Gasteiger partial charge in [0.15, 0.2) is 0 Å². The van der Waals surface area contributed by atoms with Gasteiger partial charge in [0.2, 0.25) is 29.5 Å². The van der Waals surface area contributed by atoms with Crippen LogP contribution in [0, 0.1) is 23.7 Å². The van der Waals surface area contributed by atoms with Crippen molar-refractivity contribution in [1.29, 1.82) is 0 Å². The molecule has 52 heavy (non-hydrogen) atoms. The summed E-state index contributed by atoms with van der Waals surface area (Å²) in [7, 11) is 1.63. The van der Waals surface area contributed by atoms with Gasteiger partial charge < -0.3 is 47.1 Å². The third kappa shape index (κ3) is 12.9. The van der Waals surface area contributed by atoms with Gasteiger partial charge in [0.05, 0.1) is 24.7 Å². The van der Waals surface area contributed by atoms with E-state index in [1.54, 1.807) is 20.9 Å². The van der Waals surface area contributed by atoms with Crippen molar-refractivity contribution in [3.05, 3.63) is 0 Å². The SMILES string of the molecule is CCCCCC[C@H]1O[C@@H](C)NC(=O)[C@H](COC2CC(CN)C2)NC(=O)[C@H](CN)NC(=O)[C@H](C2CCCCC2)NC(=O)[C@H](CC(C)C)N(C)C(=O)[C@@H]1C. The quantitative estimate of drug-likeness (QED) is 0.153. The molecule has 14 heteroatoms. The Morgan fingerprint density at radius 2 is 1.48 bits per heavy atom. The number of nitrogens with zero attached hydrogens (tertiary/aromatic N) is 1. The van der Waals surface area contributed by atoms with Crippen LogP contribution in [-0.2, 0) is 33.4 Å². The average Bonchev–Trinajstić information content (AvgIpc) is 3.10. The lowest BCUT2D eigenvalue weighted by atomic mass is 9.82. The second kappa shape index (κ2) is 21.8. The molecule has 0 spiro atoms. The maximum Gasteiger partial charge on any atom is 0.246 e. The van der Waals surface area contributed by atoms with Crippen LogP contribution in [0.2, 0.25) is 0 Å². The third-order valence-corrected chi connectivity index (χ3v) is 11.1. The first-order valence-electron chi connectivity index (χ1n) is 19.9. The highest BCUT2D eigenvalue weighted by Crippen LogP contribution is 2.30. The van der Waals surface area contributed by atoms with Crippen molar-refractivity contribution in [2.24, 2.45) is 35.1 Å². The number of likely N-dealkylation sites (N-methyl/N-ethyl adjacent to an activating group) is 1. The van der Waals surface area contributed by atoms with E-state index in [9.17, 15) is 24.0 Å². The number of amides is 5. The number of nitrogens with one attached hydrogen (secondary N) is 4. The second-order valence-corrected chi connectivity index (χ2v) is 15.8. The monoisotopic (exact) mass is 736 g/mol. The standard InChI is InChI=1S/C38H69N7O7/c1-7-8-9-13-16-32-24(4)38(50)45(6)31(17-23(2)3)36(48)44-33(27-14-11-10-12-15-27)37(49)42-29(21-40)34(46)43-30(35(47)41-25(5)52-32)22-51-28-18-26(19-28)20-39/h23-33H,7-22,39-40H2,1-6H3,(H,41,47)(H,42,49)(H,43,46)(H,44,48)/t24-,25+,26?,28?,29+,30+,31+,32-,33+/m1/s1. The lowest BCUT2D eigenvalue weighted by molar-refractivity contribution is -0.150. The first-order valence-corrected chi connectivity index (χ1v) is 19.9. The molecule has 298 valence electrons. The minimum atomic E-state index is -1.17. The molecule has 3 rings (SSSR count). The van der Waals surface area contributed by atoms with Gasteiger partial charge in [0, 0.05) is 13.6 Å². The van der Waals surface area contributed by atoms with E-state index in [1.165, 1.54) is 4.90 Å². The number of carbonyl (C=O) groups is 5. The molecule has 3 fully saturated rings. The van der Waals surface area contributed by atoms with Gasteiger partial charge in [-0.25, -0.2) is 0 Å². The molecule has 1 heterocycles. The van der Waals surface area contributed by atoms with Crippen LogP contribution in [0.1, 0.15) is 118 Å². The highest BCUT2D eigenvalue weighted by atomic mass is 16.5. The van der Waals surface area contributed by atoms with Crippen LogP contribution >= 0.6 is 0 Å². The summed E-state index contributed by atoms with van der Waals surface area (Å²) in [5, 5.41) is 11.4. The van der Waals surface area contributed by atoms with Gasteiger partial charge in [0.1, 0.15) is 30.4 Å². The van der Waals surface area contributed by atoms with Crippen LogP contribution in [0.4, 0.5) is 0 Å². The Morgan fingerprint density at radius 1 is 0.827 bits per heavy atom. The van der Waals surface area contributed by atoms with Gasteiger partial charge >= 0.3 is 0 Å². The Hall–Kier alpha value is -2.81. The molecule has 0 bridgehead atoms. The maximum absolute atomic E-state index is 14.2. The van der Waals surface area contributed by atoms with Gasteiger partial charge in [-0.05, 0) is 69.7 Å². The number of unbranched alkanes of at least 4 members (excludes halogenated alkanes) is 3. The zero-order valence-corrected chi connectivity index (χ0v) is 32.6. The Kier molecular flexibility index (Phi) is 18.3. The van der Waals surface area contributed by atoms with E-state index >= 15 is 0 Å². The molecule has 0 aromatic rings. The van der Waals surface area contributed by atoms with E-state index in [2.05, 4.69) is 28.2 Å². The molecule has 0 radical (unpaired) electrons. The van der Waals surface area contributed by atoms with Gasteiger partial charge in [-0.1, -0.05) is 72.6 Å². The van der Waals surface area contributed by atoms with E-state index in [0.717, 1.165) is 70.6 Å². The van der Waals surface area contributed by atoms with Gasteiger partial charge in [0.25, 0.3) is 0 Å².